The number of rotatable bonds is 4. The first-order chi connectivity index (χ1) is 13.9. The maximum absolute atomic E-state index is 7.60. The van der Waals surface area contributed by atoms with Crippen molar-refractivity contribution < 1.29 is 0 Å². The van der Waals surface area contributed by atoms with Crippen molar-refractivity contribution in [1.29, 1.82) is 5.41 Å². The van der Waals surface area contributed by atoms with Crippen LogP contribution in [0.3, 0.4) is 0 Å². The van der Waals surface area contributed by atoms with Crippen molar-refractivity contribution in [2.75, 3.05) is 13.6 Å². The first-order valence-electron chi connectivity index (χ1n) is 10.3. The van der Waals surface area contributed by atoms with E-state index in [1.165, 1.54) is 22.3 Å². The van der Waals surface area contributed by atoms with Crippen molar-refractivity contribution in [3.05, 3.63) is 82.4 Å². The number of amidine groups is 1. The molecular weight excluding hydrogens is 354 g/mol. The van der Waals surface area contributed by atoms with Gasteiger partial charge in [-0.25, -0.2) is 0 Å². The largest absolute Gasteiger partial charge is 0.384 e. The van der Waals surface area contributed by atoms with Gasteiger partial charge in [-0.15, -0.1) is 0 Å². The molecule has 3 aromatic rings. The summed E-state index contributed by atoms with van der Waals surface area (Å²) in [6.45, 7) is 5.75. The molecular formula is C26H29N3. The van der Waals surface area contributed by atoms with Crippen molar-refractivity contribution >= 4 is 28.8 Å². The summed E-state index contributed by atoms with van der Waals surface area (Å²) >= 11 is 0. The zero-order valence-corrected chi connectivity index (χ0v) is 17.4. The van der Waals surface area contributed by atoms with Gasteiger partial charge in [-0.1, -0.05) is 62.4 Å². The SMILES string of the molecule is CC(C)C1c2cc(/C=C/c3ccc4cc(C(=N)N)ccc4c3)ccc2CCN1C. The lowest BCUT2D eigenvalue weighted by molar-refractivity contribution is 0.181. The molecule has 0 bridgehead atoms. The van der Waals surface area contributed by atoms with Gasteiger partial charge in [0.1, 0.15) is 5.84 Å². The summed E-state index contributed by atoms with van der Waals surface area (Å²) in [6.07, 6.45) is 5.51. The normalized spacial score (nSPS) is 17.2. The summed E-state index contributed by atoms with van der Waals surface area (Å²) in [4.78, 5) is 2.49. The Hall–Kier alpha value is -2.91. The molecule has 148 valence electrons. The molecule has 1 aliphatic heterocycles. The Labute approximate surface area is 173 Å². The number of nitrogens with two attached hydrogens (primary N) is 1. The fourth-order valence-electron chi connectivity index (χ4n) is 4.49. The van der Waals surface area contributed by atoms with Crippen LogP contribution in [0.2, 0.25) is 0 Å². The molecule has 29 heavy (non-hydrogen) atoms. The van der Waals surface area contributed by atoms with E-state index in [9.17, 15) is 0 Å². The third-order valence-electron chi connectivity index (χ3n) is 5.97. The Kier molecular flexibility index (Phi) is 5.25. The average molecular weight is 384 g/mol. The fourth-order valence-corrected chi connectivity index (χ4v) is 4.49. The number of likely N-dealkylation sites (N-methyl/N-ethyl adjacent to an activating group) is 1. The van der Waals surface area contributed by atoms with E-state index in [1.807, 2.05) is 18.2 Å². The van der Waals surface area contributed by atoms with Crippen LogP contribution in [0.25, 0.3) is 22.9 Å². The van der Waals surface area contributed by atoms with E-state index < -0.39 is 0 Å². The molecule has 0 saturated heterocycles. The number of hydrogen-bond donors (Lipinski definition) is 2. The lowest BCUT2D eigenvalue weighted by Crippen LogP contribution is -2.35. The van der Waals surface area contributed by atoms with Crippen LogP contribution in [0.4, 0.5) is 0 Å². The maximum atomic E-state index is 7.60. The zero-order chi connectivity index (χ0) is 20.5. The van der Waals surface area contributed by atoms with Crippen LogP contribution in [0.15, 0.2) is 54.6 Å². The van der Waals surface area contributed by atoms with E-state index in [0.717, 1.165) is 29.3 Å². The third kappa shape index (κ3) is 3.96. The number of nitrogen functional groups attached to an aromatic ring is 1. The van der Waals surface area contributed by atoms with E-state index in [-0.39, 0.29) is 5.84 Å². The van der Waals surface area contributed by atoms with Crippen LogP contribution < -0.4 is 5.73 Å². The summed E-state index contributed by atoms with van der Waals surface area (Å²) in [7, 11) is 2.24. The molecule has 1 unspecified atom stereocenters. The van der Waals surface area contributed by atoms with Crippen LogP contribution >= 0.6 is 0 Å². The minimum Gasteiger partial charge on any atom is -0.384 e. The average Bonchev–Trinajstić information content (AvgIpc) is 2.71. The molecule has 3 nitrogen and oxygen atoms in total. The van der Waals surface area contributed by atoms with Crippen LogP contribution in [0.5, 0.6) is 0 Å². The summed E-state index contributed by atoms with van der Waals surface area (Å²) in [5.41, 5.74) is 11.8. The number of fused-ring (bicyclic) bond motifs is 2. The fraction of sp³-hybridized carbons (Fsp3) is 0.269. The number of hydrogen-bond acceptors (Lipinski definition) is 2. The molecule has 0 amide bonds. The van der Waals surface area contributed by atoms with E-state index in [0.29, 0.717) is 12.0 Å². The molecule has 0 fully saturated rings. The smallest absolute Gasteiger partial charge is 0.122 e. The van der Waals surface area contributed by atoms with Crippen LogP contribution in [0, 0.1) is 11.3 Å². The number of benzene rings is 3. The lowest BCUT2D eigenvalue weighted by Gasteiger charge is -2.37. The van der Waals surface area contributed by atoms with Gasteiger partial charge in [0.2, 0.25) is 0 Å². The molecule has 3 aromatic carbocycles. The van der Waals surface area contributed by atoms with E-state index >= 15 is 0 Å². The van der Waals surface area contributed by atoms with Crippen LogP contribution in [-0.4, -0.2) is 24.3 Å². The second-order valence-electron chi connectivity index (χ2n) is 8.45. The Morgan fingerprint density at radius 3 is 2.38 bits per heavy atom. The highest BCUT2D eigenvalue weighted by Crippen LogP contribution is 2.35. The molecule has 1 aliphatic rings. The van der Waals surface area contributed by atoms with Crippen molar-refractivity contribution in [2.45, 2.75) is 26.3 Å². The number of nitrogens with one attached hydrogen (secondary N) is 1. The standard InChI is InChI=1S/C26H29N3/c1-17(2)25-24-15-19(6-8-20(24)12-13-29(25)3)5-4-18-7-9-22-16-23(26(27)28)11-10-21(22)14-18/h4-11,14-17,25H,12-13H2,1-3H3,(H3,27,28)/b5-4+. The quantitative estimate of drug-likeness (QED) is 0.356. The van der Waals surface area contributed by atoms with Gasteiger partial charge in [-0.3, -0.25) is 10.3 Å². The summed E-state index contributed by atoms with van der Waals surface area (Å²) in [5, 5.41) is 9.86. The second kappa shape index (κ2) is 7.84. The van der Waals surface area contributed by atoms with Crippen molar-refractivity contribution in [3.63, 3.8) is 0 Å². The summed E-state index contributed by atoms with van der Waals surface area (Å²) < 4.78 is 0. The molecule has 3 N–H and O–H groups in total. The van der Waals surface area contributed by atoms with Gasteiger partial charge in [0, 0.05) is 18.2 Å². The van der Waals surface area contributed by atoms with Crippen molar-refractivity contribution in [2.24, 2.45) is 11.7 Å². The van der Waals surface area contributed by atoms with Crippen molar-refractivity contribution in [1.82, 2.24) is 4.90 Å². The molecule has 0 saturated carbocycles. The van der Waals surface area contributed by atoms with Crippen LogP contribution in [0.1, 0.15) is 47.7 Å². The Morgan fingerprint density at radius 2 is 1.66 bits per heavy atom. The van der Waals surface area contributed by atoms with Crippen molar-refractivity contribution in [3.8, 4) is 0 Å². The molecule has 3 heteroatoms. The van der Waals surface area contributed by atoms with Gasteiger partial charge in [-0.2, -0.15) is 0 Å². The first kappa shape index (κ1) is 19.4. The van der Waals surface area contributed by atoms with Gasteiger partial charge in [0.25, 0.3) is 0 Å². The molecule has 0 aromatic heterocycles. The van der Waals surface area contributed by atoms with Gasteiger partial charge in [0.15, 0.2) is 0 Å². The maximum Gasteiger partial charge on any atom is 0.122 e. The summed E-state index contributed by atoms with van der Waals surface area (Å²) in [5.74, 6) is 0.701. The lowest BCUT2D eigenvalue weighted by atomic mass is 9.85. The van der Waals surface area contributed by atoms with E-state index in [1.54, 1.807) is 0 Å². The minimum absolute atomic E-state index is 0.105. The predicted molar refractivity (Wildman–Crippen MR) is 124 cm³/mol. The van der Waals surface area contributed by atoms with Gasteiger partial charge in [-0.05, 0) is 70.6 Å². The molecule has 1 heterocycles. The van der Waals surface area contributed by atoms with Crippen LogP contribution in [-0.2, 0) is 6.42 Å². The monoisotopic (exact) mass is 383 g/mol. The first-order valence-corrected chi connectivity index (χ1v) is 10.3. The second-order valence-corrected chi connectivity index (χ2v) is 8.45. The highest BCUT2D eigenvalue weighted by atomic mass is 15.1. The molecule has 1 atom stereocenters. The molecule has 0 aliphatic carbocycles. The molecule has 4 rings (SSSR count). The van der Waals surface area contributed by atoms with E-state index in [2.05, 4.69) is 74.3 Å². The van der Waals surface area contributed by atoms with Gasteiger partial charge in [0.05, 0.1) is 0 Å². The third-order valence-corrected chi connectivity index (χ3v) is 5.97. The predicted octanol–water partition coefficient (Wildman–Crippen LogP) is 5.48. The Bertz CT molecular complexity index is 1090. The molecule has 0 radical (unpaired) electrons. The number of nitrogens with zero attached hydrogens (tertiary/aromatic N) is 1. The van der Waals surface area contributed by atoms with Gasteiger partial charge >= 0.3 is 0 Å². The Balaban J connectivity index is 1.62. The van der Waals surface area contributed by atoms with Gasteiger partial charge < -0.3 is 5.73 Å². The minimum atomic E-state index is 0.105. The topological polar surface area (TPSA) is 53.1 Å². The summed E-state index contributed by atoms with van der Waals surface area (Å²) in [6, 6.07) is 19.7. The Morgan fingerprint density at radius 1 is 1.00 bits per heavy atom. The molecule has 0 spiro atoms. The van der Waals surface area contributed by atoms with E-state index in [4.69, 9.17) is 11.1 Å². The highest BCUT2D eigenvalue weighted by Gasteiger charge is 2.27. The zero-order valence-electron chi connectivity index (χ0n) is 17.4. The highest BCUT2D eigenvalue weighted by molar-refractivity contribution is 5.99.